The van der Waals surface area contributed by atoms with Crippen LogP contribution in [0.5, 0.6) is 0 Å². The Morgan fingerprint density at radius 1 is 1.50 bits per heavy atom. The molecular formula is C6H14N4. The van der Waals surface area contributed by atoms with Gasteiger partial charge in [0.2, 0.25) is 0 Å². The summed E-state index contributed by atoms with van der Waals surface area (Å²) >= 11 is 0. The van der Waals surface area contributed by atoms with Gasteiger partial charge in [0.05, 0.1) is 6.67 Å². The Morgan fingerprint density at radius 2 is 2.20 bits per heavy atom. The Bertz CT molecular complexity index is 115. The average Bonchev–Trinajstić information content (AvgIpc) is 1.99. The Hall–Kier alpha value is -0.840. The van der Waals surface area contributed by atoms with Gasteiger partial charge in [-0.3, -0.25) is 10.9 Å². The lowest BCUT2D eigenvalue weighted by molar-refractivity contribution is 0.283. The first-order valence-corrected chi connectivity index (χ1v) is 3.07. The van der Waals surface area contributed by atoms with E-state index < -0.39 is 0 Å². The molecule has 0 saturated carbocycles. The molecule has 0 spiro atoms. The average molecular weight is 142 g/mol. The van der Waals surface area contributed by atoms with Crippen molar-refractivity contribution in [1.82, 2.24) is 10.5 Å². The highest BCUT2D eigenvalue weighted by Crippen LogP contribution is 1.79. The summed E-state index contributed by atoms with van der Waals surface area (Å²) in [5.41, 5.74) is 7.67. The highest BCUT2D eigenvalue weighted by atomic mass is 15.6. The Balaban J connectivity index is 3.60. The van der Waals surface area contributed by atoms with E-state index in [9.17, 15) is 0 Å². The maximum Gasteiger partial charge on any atom is 0.0820 e. The summed E-state index contributed by atoms with van der Waals surface area (Å²) in [5, 5.41) is 1.56. The lowest BCUT2D eigenvalue weighted by Crippen LogP contribution is -2.42. The highest BCUT2D eigenvalue weighted by Gasteiger charge is 1.84. The Labute approximate surface area is 61.1 Å². The second kappa shape index (κ2) is 6.28. The fourth-order valence-electron chi connectivity index (χ4n) is 0.421. The summed E-state index contributed by atoms with van der Waals surface area (Å²) < 4.78 is 0. The van der Waals surface area contributed by atoms with E-state index in [1.165, 1.54) is 0 Å². The Morgan fingerprint density at radius 3 is 2.60 bits per heavy atom. The summed E-state index contributed by atoms with van der Waals surface area (Å²) in [5.74, 6) is 5.09. The Kier molecular flexibility index (Phi) is 5.75. The molecule has 0 saturated heterocycles. The molecule has 0 aliphatic heterocycles. The normalized spacial score (nSPS) is 11.5. The number of nitrogens with zero attached hydrogens (tertiary/aromatic N) is 1. The van der Waals surface area contributed by atoms with Crippen LogP contribution in [0.15, 0.2) is 24.4 Å². The molecule has 5 N–H and O–H groups in total. The minimum atomic E-state index is 0.352. The minimum Gasteiger partial charge on any atom is -0.313 e. The van der Waals surface area contributed by atoms with Crippen LogP contribution in [-0.2, 0) is 0 Å². The van der Waals surface area contributed by atoms with Crippen molar-refractivity contribution in [3.05, 3.63) is 24.4 Å². The standard InChI is InChI=1S/C6H14N4/c1-2-3-4-5-10(6-7)9-8/h2-5,9H,6-8H2,1H3/b3-2-,5-4-. The van der Waals surface area contributed by atoms with Crippen LogP contribution in [0.1, 0.15) is 6.92 Å². The molecule has 0 fully saturated rings. The first-order valence-electron chi connectivity index (χ1n) is 3.07. The van der Waals surface area contributed by atoms with E-state index in [4.69, 9.17) is 11.6 Å². The van der Waals surface area contributed by atoms with Crippen molar-refractivity contribution in [3.63, 3.8) is 0 Å². The molecule has 0 bridgehead atoms. The molecule has 0 unspecified atom stereocenters. The van der Waals surface area contributed by atoms with E-state index in [0.29, 0.717) is 6.67 Å². The lowest BCUT2D eigenvalue weighted by atomic mass is 10.5. The number of rotatable bonds is 4. The molecule has 0 radical (unpaired) electrons. The first kappa shape index (κ1) is 9.16. The summed E-state index contributed by atoms with van der Waals surface area (Å²) in [4.78, 5) is 0. The van der Waals surface area contributed by atoms with Crippen LogP contribution < -0.4 is 17.1 Å². The van der Waals surface area contributed by atoms with Crippen LogP contribution in [0.25, 0.3) is 0 Å². The van der Waals surface area contributed by atoms with Crippen molar-refractivity contribution in [2.45, 2.75) is 6.92 Å². The van der Waals surface area contributed by atoms with E-state index in [1.54, 1.807) is 11.2 Å². The molecule has 10 heavy (non-hydrogen) atoms. The molecule has 0 heterocycles. The van der Waals surface area contributed by atoms with E-state index >= 15 is 0 Å². The molecule has 0 amide bonds. The van der Waals surface area contributed by atoms with Crippen LogP contribution in [-0.4, -0.2) is 11.7 Å². The van der Waals surface area contributed by atoms with Crippen molar-refractivity contribution in [2.24, 2.45) is 11.6 Å². The number of allylic oxidation sites excluding steroid dienone is 3. The van der Waals surface area contributed by atoms with Gasteiger partial charge in [0.1, 0.15) is 0 Å². The van der Waals surface area contributed by atoms with Gasteiger partial charge in [0.15, 0.2) is 0 Å². The summed E-state index contributed by atoms with van der Waals surface area (Å²) in [7, 11) is 0. The summed E-state index contributed by atoms with van der Waals surface area (Å²) in [6, 6.07) is 0. The highest BCUT2D eigenvalue weighted by molar-refractivity contribution is 4.99. The van der Waals surface area contributed by atoms with Gasteiger partial charge in [-0.05, 0) is 13.0 Å². The van der Waals surface area contributed by atoms with E-state index in [-0.39, 0.29) is 0 Å². The molecule has 0 aliphatic carbocycles. The molecule has 4 nitrogen and oxygen atoms in total. The van der Waals surface area contributed by atoms with E-state index in [2.05, 4.69) is 5.53 Å². The molecule has 0 aliphatic rings. The van der Waals surface area contributed by atoms with Gasteiger partial charge in [-0.2, -0.15) is 5.53 Å². The van der Waals surface area contributed by atoms with Crippen molar-refractivity contribution >= 4 is 0 Å². The van der Waals surface area contributed by atoms with Crippen LogP contribution in [0.2, 0.25) is 0 Å². The lowest BCUT2D eigenvalue weighted by Gasteiger charge is -2.13. The zero-order valence-corrected chi connectivity index (χ0v) is 6.12. The van der Waals surface area contributed by atoms with Gasteiger partial charge < -0.3 is 5.73 Å². The second-order valence-electron chi connectivity index (χ2n) is 1.65. The number of nitrogens with one attached hydrogen (secondary N) is 1. The largest absolute Gasteiger partial charge is 0.313 e. The van der Waals surface area contributed by atoms with Crippen molar-refractivity contribution in [3.8, 4) is 0 Å². The van der Waals surface area contributed by atoms with Gasteiger partial charge >= 0.3 is 0 Å². The topological polar surface area (TPSA) is 67.3 Å². The third-order valence-electron chi connectivity index (χ3n) is 0.932. The summed E-state index contributed by atoms with van der Waals surface area (Å²) in [6.07, 6.45) is 7.40. The molecular weight excluding hydrogens is 128 g/mol. The van der Waals surface area contributed by atoms with Gasteiger partial charge in [-0.1, -0.05) is 12.2 Å². The van der Waals surface area contributed by atoms with Crippen LogP contribution >= 0.6 is 0 Å². The predicted octanol–water partition coefficient (Wildman–Crippen LogP) is -0.327. The van der Waals surface area contributed by atoms with Gasteiger partial charge in [0.25, 0.3) is 0 Å². The minimum absolute atomic E-state index is 0.352. The first-order chi connectivity index (χ1) is 4.85. The van der Waals surface area contributed by atoms with Crippen molar-refractivity contribution < 1.29 is 0 Å². The monoisotopic (exact) mass is 142 g/mol. The van der Waals surface area contributed by atoms with Gasteiger partial charge in [0, 0.05) is 6.20 Å². The van der Waals surface area contributed by atoms with Crippen LogP contribution in [0.3, 0.4) is 0 Å². The zero-order valence-electron chi connectivity index (χ0n) is 6.12. The predicted molar refractivity (Wildman–Crippen MR) is 42.2 cm³/mol. The number of nitrogens with two attached hydrogens (primary N) is 2. The maximum absolute atomic E-state index is 5.27. The molecule has 4 heteroatoms. The molecule has 58 valence electrons. The molecule has 0 aromatic carbocycles. The van der Waals surface area contributed by atoms with E-state index in [1.807, 2.05) is 25.2 Å². The van der Waals surface area contributed by atoms with Crippen molar-refractivity contribution in [2.75, 3.05) is 6.67 Å². The van der Waals surface area contributed by atoms with Crippen LogP contribution in [0.4, 0.5) is 0 Å². The van der Waals surface area contributed by atoms with E-state index in [0.717, 1.165) is 0 Å². The zero-order chi connectivity index (χ0) is 7.82. The fraction of sp³-hybridized carbons (Fsp3) is 0.333. The second-order valence-corrected chi connectivity index (χ2v) is 1.65. The smallest absolute Gasteiger partial charge is 0.0820 e. The molecule has 0 aromatic rings. The van der Waals surface area contributed by atoms with Crippen LogP contribution in [0, 0.1) is 0 Å². The molecule has 0 rings (SSSR count). The quantitative estimate of drug-likeness (QED) is 0.218. The molecule has 0 atom stereocenters. The number of hydrogen-bond acceptors (Lipinski definition) is 4. The third kappa shape index (κ3) is 4.08. The van der Waals surface area contributed by atoms with Crippen molar-refractivity contribution in [1.29, 1.82) is 0 Å². The fourth-order valence-corrected chi connectivity index (χ4v) is 0.421. The molecule has 0 aromatic heterocycles. The SMILES string of the molecule is C/C=C\C=C/N(CN)NN. The van der Waals surface area contributed by atoms with Gasteiger partial charge in [-0.25, -0.2) is 0 Å². The number of hydrazine groups is 2. The maximum atomic E-state index is 5.27. The summed E-state index contributed by atoms with van der Waals surface area (Å²) in [6.45, 7) is 2.29. The van der Waals surface area contributed by atoms with Gasteiger partial charge in [-0.15, -0.1) is 0 Å². The third-order valence-corrected chi connectivity index (χ3v) is 0.932. The number of hydrogen-bond donors (Lipinski definition) is 3.